The van der Waals surface area contributed by atoms with E-state index in [9.17, 15) is 9.90 Å². The predicted molar refractivity (Wildman–Crippen MR) is 152 cm³/mol. The summed E-state index contributed by atoms with van der Waals surface area (Å²) < 4.78 is 11.2. The van der Waals surface area contributed by atoms with Crippen molar-refractivity contribution in [3.05, 3.63) is 103 Å². The van der Waals surface area contributed by atoms with Crippen LogP contribution in [-0.2, 0) is 4.74 Å². The zero-order valence-corrected chi connectivity index (χ0v) is 21.1. The summed E-state index contributed by atoms with van der Waals surface area (Å²) in [7, 11) is 1.66. The molecule has 6 rings (SSSR count). The van der Waals surface area contributed by atoms with Crippen LogP contribution in [0.3, 0.4) is 0 Å². The lowest BCUT2D eigenvalue weighted by molar-refractivity contribution is 0.0527. The van der Waals surface area contributed by atoms with Crippen LogP contribution in [0.1, 0.15) is 17.3 Å². The molecule has 5 nitrogen and oxygen atoms in total. The van der Waals surface area contributed by atoms with Crippen LogP contribution in [0.4, 0.5) is 0 Å². The maximum atomic E-state index is 13.2. The Hall–Kier alpha value is -4.90. The van der Waals surface area contributed by atoms with Crippen molar-refractivity contribution in [1.82, 2.24) is 4.98 Å². The van der Waals surface area contributed by atoms with Gasteiger partial charge in [-0.15, -0.1) is 0 Å². The molecule has 0 bridgehead atoms. The molecule has 0 radical (unpaired) electrons. The maximum absolute atomic E-state index is 13.2. The molecule has 5 aromatic carbocycles. The van der Waals surface area contributed by atoms with Crippen molar-refractivity contribution in [2.45, 2.75) is 6.92 Å². The molecule has 1 heterocycles. The molecule has 0 amide bonds. The van der Waals surface area contributed by atoms with E-state index < -0.39 is 5.97 Å². The van der Waals surface area contributed by atoms with Gasteiger partial charge in [-0.3, -0.25) is 4.98 Å². The number of phenols is 1. The summed E-state index contributed by atoms with van der Waals surface area (Å²) in [5.41, 5.74) is 4.45. The Morgan fingerprint density at radius 1 is 0.842 bits per heavy atom. The van der Waals surface area contributed by atoms with Crippen molar-refractivity contribution in [2.24, 2.45) is 0 Å². The van der Waals surface area contributed by atoms with Gasteiger partial charge in [0.15, 0.2) is 0 Å². The Bertz CT molecular complexity index is 1840. The largest absolute Gasteiger partial charge is 0.506 e. The van der Waals surface area contributed by atoms with Crippen LogP contribution in [0.15, 0.2) is 97.2 Å². The molecule has 6 aromatic rings. The molecule has 0 fully saturated rings. The molecular formula is C33H25NO4. The average molecular weight is 500 g/mol. The van der Waals surface area contributed by atoms with E-state index in [-0.39, 0.29) is 12.4 Å². The summed E-state index contributed by atoms with van der Waals surface area (Å²) in [4.78, 5) is 17.6. The molecule has 1 N–H and O–H groups in total. The quantitative estimate of drug-likeness (QED) is 0.194. The minimum absolute atomic E-state index is 0.0493. The SMILES string of the molecule is CCOC(=O)c1cnc2c(O)cccc2c1-c1ccc(OC)c2ccc3ccc(-c4ccccc4)cc3c12. The highest BCUT2D eigenvalue weighted by Gasteiger charge is 2.22. The van der Waals surface area contributed by atoms with E-state index in [4.69, 9.17) is 9.47 Å². The third-order valence-electron chi connectivity index (χ3n) is 6.93. The molecule has 38 heavy (non-hydrogen) atoms. The zero-order valence-electron chi connectivity index (χ0n) is 21.1. The van der Waals surface area contributed by atoms with Gasteiger partial charge in [0.05, 0.1) is 19.3 Å². The first-order valence-electron chi connectivity index (χ1n) is 12.5. The number of nitrogens with zero attached hydrogens (tertiary/aromatic N) is 1. The summed E-state index contributed by atoms with van der Waals surface area (Å²) in [5.74, 6) is 0.317. The van der Waals surface area contributed by atoms with E-state index in [1.807, 2.05) is 42.5 Å². The molecular weight excluding hydrogens is 474 g/mol. The molecule has 0 aliphatic rings. The fourth-order valence-corrected chi connectivity index (χ4v) is 5.21. The number of aromatic hydroxyl groups is 1. The van der Waals surface area contributed by atoms with Crippen LogP contribution in [0, 0.1) is 0 Å². The Morgan fingerprint density at radius 3 is 2.45 bits per heavy atom. The van der Waals surface area contributed by atoms with Crippen molar-refractivity contribution in [3.63, 3.8) is 0 Å². The van der Waals surface area contributed by atoms with Gasteiger partial charge in [0.2, 0.25) is 0 Å². The van der Waals surface area contributed by atoms with Crippen LogP contribution < -0.4 is 4.74 Å². The number of hydrogen-bond acceptors (Lipinski definition) is 5. The van der Waals surface area contributed by atoms with Crippen LogP contribution in [0.25, 0.3) is 54.7 Å². The first-order chi connectivity index (χ1) is 18.6. The Kier molecular flexibility index (Phi) is 5.89. The minimum Gasteiger partial charge on any atom is -0.506 e. The number of phenolic OH excluding ortho intramolecular Hbond substituents is 1. The molecule has 0 aliphatic carbocycles. The molecule has 0 aliphatic heterocycles. The number of esters is 1. The third-order valence-corrected chi connectivity index (χ3v) is 6.93. The highest BCUT2D eigenvalue weighted by atomic mass is 16.5. The number of ether oxygens (including phenoxy) is 2. The van der Waals surface area contributed by atoms with Gasteiger partial charge in [0, 0.05) is 27.9 Å². The summed E-state index contributed by atoms with van der Waals surface area (Å²) in [6, 6.07) is 29.9. The topological polar surface area (TPSA) is 68.7 Å². The van der Waals surface area contributed by atoms with Crippen LogP contribution >= 0.6 is 0 Å². The van der Waals surface area contributed by atoms with E-state index in [1.165, 1.54) is 6.20 Å². The van der Waals surface area contributed by atoms with E-state index in [2.05, 4.69) is 41.4 Å². The lowest BCUT2D eigenvalue weighted by Crippen LogP contribution is -2.08. The van der Waals surface area contributed by atoms with Crippen LogP contribution in [0.5, 0.6) is 11.5 Å². The van der Waals surface area contributed by atoms with Crippen molar-refractivity contribution in [2.75, 3.05) is 13.7 Å². The Balaban J connectivity index is 1.78. The number of aromatic nitrogens is 1. The van der Waals surface area contributed by atoms with Crippen molar-refractivity contribution >= 4 is 38.4 Å². The van der Waals surface area contributed by atoms with Crippen LogP contribution in [0.2, 0.25) is 0 Å². The number of rotatable bonds is 5. The number of para-hydroxylation sites is 1. The lowest BCUT2D eigenvalue weighted by Gasteiger charge is -2.18. The van der Waals surface area contributed by atoms with Crippen molar-refractivity contribution in [1.29, 1.82) is 0 Å². The number of carbonyl (C=O) groups is 1. The first kappa shape index (κ1) is 23.5. The van der Waals surface area contributed by atoms with Crippen molar-refractivity contribution < 1.29 is 19.4 Å². The lowest BCUT2D eigenvalue weighted by atomic mass is 9.88. The van der Waals surface area contributed by atoms with Gasteiger partial charge in [-0.05, 0) is 64.7 Å². The van der Waals surface area contributed by atoms with Gasteiger partial charge in [0.25, 0.3) is 0 Å². The third kappa shape index (κ3) is 3.80. The van der Waals surface area contributed by atoms with E-state index in [1.54, 1.807) is 26.2 Å². The second-order valence-electron chi connectivity index (χ2n) is 9.05. The second kappa shape index (κ2) is 9.52. The van der Waals surface area contributed by atoms with E-state index in [0.29, 0.717) is 22.0 Å². The number of carbonyl (C=O) groups excluding carboxylic acids is 1. The maximum Gasteiger partial charge on any atom is 0.340 e. The van der Waals surface area contributed by atoms with Gasteiger partial charge >= 0.3 is 5.97 Å². The highest BCUT2D eigenvalue weighted by Crippen LogP contribution is 2.44. The summed E-state index contributed by atoms with van der Waals surface area (Å²) in [6.45, 7) is 2.02. The molecule has 0 spiro atoms. The number of pyridine rings is 1. The highest BCUT2D eigenvalue weighted by molar-refractivity contribution is 6.21. The normalized spacial score (nSPS) is 11.2. The summed E-state index contributed by atoms with van der Waals surface area (Å²) in [5, 5.41) is 15.2. The zero-order chi connectivity index (χ0) is 26.2. The predicted octanol–water partition coefficient (Wildman–Crippen LogP) is 7.77. The molecule has 186 valence electrons. The smallest absolute Gasteiger partial charge is 0.340 e. The van der Waals surface area contributed by atoms with Gasteiger partial charge in [-0.2, -0.15) is 0 Å². The number of fused-ring (bicyclic) bond motifs is 4. The standard InChI is InChI=1S/C33H25NO4/c1-3-38-33(36)27-19-34-32-25(10-7-11-28(32)35)31(27)24-16-17-29(37-2)23-15-14-21-12-13-22(18-26(21)30(23)24)20-8-5-4-6-9-20/h4-19,35H,3H2,1-2H3. The molecule has 1 aromatic heterocycles. The number of benzene rings is 5. The summed E-state index contributed by atoms with van der Waals surface area (Å²) in [6.07, 6.45) is 1.49. The van der Waals surface area contributed by atoms with Gasteiger partial charge in [-0.1, -0.05) is 60.7 Å². The molecule has 0 saturated heterocycles. The molecule has 0 atom stereocenters. The average Bonchev–Trinajstić information content (AvgIpc) is 2.96. The monoisotopic (exact) mass is 499 g/mol. The first-order valence-corrected chi connectivity index (χ1v) is 12.5. The second-order valence-corrected chi connectivity index (χ2v) is 9.05. The number of methoxy groups -OCH3 is 1. The minimum atomic E-state index is -0.463. The van der Waals surface area contributed by atoms with E-state index in [0.717, 1.165) is 44.0 Å². The van der Waals surface area contributed by atoms with Crippen molar-refractivity contribution in [3.8, 4) is 33.8 Å². The fourth-order valence-electron chi connectivity index (χ4n) is 5.21. The Labute approximate surface area is 219 Å². The summed E-state index contributed by atoms with van der Waals surface area (Å²) >= 11 is 0. The fraction of sp³-hybridized carbons (Fsp3) is 0.0909. The van der Waals surface area contributed by atoms with Gasteiger partial charge in [-0.25, -0.2) is 4.79 Å². The van der Waals surface area contributed by atoms with Gasteiger partial charge < -0.3 is 14.6 Å². The molecule has 0 saturated carbocycles. The Morgan fingerprint density at radius 2 is 1.66 bits per heavy atom. The molecule has 5 heteroatoms. The van der Waals surface area contributed by atoms with E-state index >= 15 is 0 Å². The number of hydrogen-bond donors (Lipinski definition) is 1. The van der Waals surface area contributed by atoms with Crippen LogP contribution in [-0.4, -0.2) is 29.8 Å². The molecule has 0 unspecified atom stereocenters. The van der Waals surface area contributed by atoms with Gasteiger partial charge in [0.1, 0.15) is 17.0 Å².